The van der Waals surface area contributed by atoms with Gasteiger partial charge in [-0.2, -0.15) is 0 Å². The van der Waals surface area contributed by atoms with E-state index < -0.39 is 7.12 Å². The molecule has 2 N–H and O–H groups in total. The molecule has 0 bridgehead atoms. The van der Waals surface area contributed by atoms with Crippen LogP contribution >= 0.6 is 0 Å². The largest absolute Gasteiger partial charge is 0.489 e. The predicted octanol–water partition coefficient (Wildman–Crippen LogP) is 0.125. The molecule has 0 fully saturated rings. The van der Waals surface area contributed by atoms with Gasteiger partial charge in [-0.3, -0.25) is 4.79 Å². The Balaban J connectivity index is 3.20. The number of hydrogen-bond acceptors (Lipinski definition) is 3. The first kappa shape index (κ1) is 10.7. The van der Waals surface area contributed by atoms with Crippen LogP contribution in [0.2, 0.25) is 0 Å². The summed E-state index contributed by atoms with van der Waals surface area (Å²) in [6, 6.07) is 6.36. The molecule has 1 aromatic rings. The summed E-state index contributed by atoms with van der Waals surface area (Å²) in [7, 11) is -1.63. The lowest BCUT2D eigenvalue weighted by Gasteiger charge is -2.06. The molecule has 1 aromatic carbocycles. The lowest BCUT2D eigenvalue weighted by atomic mass is 9.75. The van der Waals surface area contributed by atoms with E-state index in [1.165, 1.54) is 6.07 Å². The third-order valence-electron chi connectivity index (χ3n) is 1.87. The maximum atomic E-state index is 11.5. The number of benzene rings is 1. The van der Waals surface area contributed by atoms with E-state index in [2.05, 4.69) is 6.58 Å². The Morgan fingerprint density at radius 1 is 1.36 bits per heavy atom. The van der Waals surface area contributed by atoms with Crippen LogP contribution in [0.1, 0.15) is 17.3 Å². The predicted molar refractivity (Wildman–Crippen MR) is 55.4 cm³/mol. The first-order valence-corrected chi connectivity index (χ1v) is 4.19. The smallest absolute Gasteiger partial charge is 0.423 e. The maximum Gasteiger partial charge on any atom is 0.489 e. The minimum Gasteiger partial charge on any atom is -0.423 e. The Morgan fingerprint density at radius 2 is 1.93 bits per heavy atom. The zero-order valence-corrected chi connectivity index (χ0v) is 7.90. The van der Waals surface area contributed by atoms with Gasteiger partial charge in [-0.05, 0) is 18.0 Å². The van der Waals surface area contributed by atoms with E-state index in [4.69, 9.17) is 10.0 Å². The Bertz CT molecular complexity index is 371. The highest BCUT2D eigenvalue weighted by Gasteiger charge is 2.19. The van der Waals surface area contributed by atoms with Crippen molar-refractivity contribution in [2.45, 2.75) is 6.92 Å². The fraction of sp³-hybridized carbons (Fsp3) is 0.100. The molecule has 0 atom stereocenters. The molecular weight excluding hydrogens is 179 g/mol. The quantitative estimate of drug-likeness (QED) is 0.404. The second-order valence-corrected chi connectivity index (χ2v) is 3.07. The number of ketones is 1. The molecule has 3 nitrogen and oxygen atoms in total. The molecule has 0 saturated carbocycles. The molecule has 0 aromatic heterocycles. The topological polar surface area (TPSA) is 57.5 Å². The highest BCUT2D eigenvalue weighted by atomic mass is 16.4. The fourth-order valence-corrected chi connectivity index (χ4v) is 1.16. The molecule has 0 unspecified atom stereocenters. The van der Waals surface area contributed by atoms with Crippen LogP contribution in [0.4, 0.5) is 0 Å². The van der Waals surface area contributed by atoms with Gasteiger partial charge >= 0.3 is 7.12 Å². The number of carbonyl (C=O) groups excluding carboxylic acids is 1. The van der Waals surface area contributed by atoms with Crippen LogP contribution in [0.25, 0.3) is 0 Å². The summed E-state index contributed by atoms with van der Waals surface area (Å²) in [5.41, 5.74) is 0.869. The van der Waals surface area contributed by atoms with Gasteiger partial charge in [-0.1, -0.05) is 30.8 Å². The van der Waals surface area contributed by atoms with Gasteiger partial charge < -0.3 is 10.0 Å². The Morgan fingerprint density at radius 3 is 2.43 bits per heavy atom. The van der Waals surface area contributed by atoms with Crippen LogP contribution in [0, 0.1) is 0 Å². The highest BCUT2D eigenvalue weighted by Crippen LogP contribution is 2.04. The monoisotopic (exact) mass is 190 g/mol. The van der Waals surface area contributed by atoms with Crippen molar-refractivity contribution in [3.8, 4) is 0 Å². The molecule has 0 aliphatic carbocycles. The third-order valence-corrected chi connectivity index (χ3v) is 1.87. The SMILES string of the molecule is C=C(C)C(=O)c1ccccc1B(O)O. The van der Waals surface area contributed by atoms with Crippen LogP contribution in [-0.2, 0) is 0 Å². The Kier molecular flexibility index (Phi) is 3.22. The zero-order chi connectivity index (χ0) is 10.7. The van der Waals surface area contributed by atoms with Crippen LogP contribution in [0.15, 0.2) is 36.4 Å². The second kappa shape index (κ2) is 4.22. The minimum absolute atomic E-state index is 0.209. The van der Waals surface area contributed by atoms with Gasteiger partial charge in [0.05, 0.1) is 0 Å². The lowest BCUT2D eigenvalue weighted by molar-refractivity contribution is 0.103. The molecular formula is C10H11BO3. The molecule has 0 aliphatic rings. The van der Waals surface area contributed by atoms with Gasteiger partial charge in [0, 0.05) is 5.56 Å². The minimum atomic E-state index is -1.63. The van der Waals surface area contributed by atoms with Crippen molar-refractivity contribution in [3.63, 3.8) is 0 Å². The summed E-state index contributed by atoms with van der Waals surface area (Å²) in [4.78, 5) is 11.5. The number of allylic oxidation sites excluding steroid dienone is 1. The van der Waals surface area contributed by atoms with Gasteiger partial charge in [0.15, 0.2) is 5.78 Å². The van der Waals surface area contributed by atoms with Crippen molar-refractivity contribution in [1.82, 2.24) is 0 Å². The number of Topliss-reactive ketones (excluding diaryl/α,β-unsaturated/α-hetero) is 1. The summed E-state index contributed by atoms with van der Waals surface area (Å²) in [6.07, 6.45) is 0. The van der Waals surface area contributed by atoms with Crippen molar-refractivity contribution in [1.29, 1.82) is 0 Å². The van der Waals surface area contributed by atoms with E-state index in [0.29, 0.717) is 5.57 Å². The molecule has 0 radical (unpaired) electrons. The molecule has 0 saturated heterocycles. The van der Waals surface area contributed by atoms with Gasteiger partial charge in [0.2, 0.25) is 0 Å². The fourth-order valence-electron chi connectivity index (χ4n) is 1.16. The Labute approximate surface area is 82.8 Å². The van der Waals surface area contributed by atoms with Gasteiger partial charge in [-0.25, -0.2) is 0 Å². The molecule has 0 heterocycles. The normalized spacial score (nSPS) is 9.64. The number of rotatable bonds is 3. The summed E-state index contributed by atoms with van der Waals surface area (Å²) in [6.45, 7) is 5.11. The Hall–Kier alpha value is -1.39. The van der Waals surface area contributed by atoms with Crippen LogP contribution < -0.4 is 5.46 Å². The molecule has 14 heavy (non-hydrogen) atoms. The van der Waals surface area contributed by atoms with Crippen molar-refractivity contribution < 1.29 is 14.8 Å². The molecule has 0 amide bonds. The third kappa shape index (κ3) is 2.10. The molecule has 0 spiro atoms. The van der Waals surface area contributed by atoms with Gasteiger partial charge in [-0.15, -0.1) is 0 Å². The average Bonchev–Trinajstić information content (AvgIpc) is 2.16. The van der Waals surface area contributed by atoms with Crippen molar-refractivity contribution in [2.24, 2.45) is 0 Å². The highest BCUT2D eigenvalue weighted by molar-refractivity contribution is 6.60. The molecule has 0 aliphatic heterocycles. The summed E-state index contributed by atoms with van der Waals surface area (Å²) in [5, 5.41) is 18.0. The first-order chi connectivity index (χ1) is 6.54. The summed E-state index contributed by atoms with van der Waals surface area (Å²) < 4.78 is 0. The number of hydrogen-bond donors (Lipinski definition) is 2. The van der Waals surface area contributed by atoms with E-state index in [0.717, 1.165) is 0 Å². The molecule has 1 rings (SSSR count). The van der Waals surface area contributed by atoms with E-state index in [1.54, 1.807) is 25.1 Å². The zero-order valence-electron chi connectivity index (χ0n) is 7.90. The van der Waals surface area contributed by atoms with E-state index >= 15 is 0 Å². The van der Waals surface area contributed by atoms with Crippen LogP contribution in [-0.4, -0.2) is 22.9 Å². The summed E-state index contributed by atoms with van der Waals surface area (Å²) in [5.74, 6) is -0.270. The average molecular weight is 190 g/mol. The van der Waals surface area contributed by atoms with Crippen molar-refractivity contribution in [2.75, 3.05) is 0 Å². The molecule has 4 heteroatoms. The van der Waals surface area contributed by atoms with Gasteiger partial charge in [0.25, 0.3) is 0 Å². The van der Waals surface area contributed by atoms with Gasteiger partial charge in [0.1, 0.15) is 0 Å². The van der Waals surface area contributed by atoms with E-state index in [-0.39, 0.29) is 16.8 Å². The van der Waals surface area contributed by atoms with Crippen LogP contribution in [0.3, 0.4) is 0 Å². The van der Waals surface area contributed by atoms with Crippen molar-refractivity contribution in [3.05, 3.63) is 42.0 Å². The van der Waals surface area contributed by atoms with Crippen LogP contribution in [0.5, 0.6) is 0 Å². The van der Waals surface area contributed by atoms with Crippen molar-refractivity contribution >= 4 is 18.4 Å². The standard InChI is InChI=1S/C10H11BO3/c1-7(2)10(12)8-5-3-4-6-9(8)11(13)14/h3-6,13-14H,1H2,2H3. The van der Waals surface area contributed by atoms with E-state index in [9.17, 15) is 4.79 Å². The lowest BCUT2D eigenvalue weighted by Crippen LogP contribution is -2.34. The second-order valence-electron chi connectivity index (χ2n) is 3.07. The van der Waals surface area contributed by atoms with E-state index in [1.807, 2.05) is 0 Å². The number of carbonyl (C=O) groups is 1. The first-order valence-electron chi connectivity index (χ1n) is 4.19. The maximum absolute atomic E-state index is 11.5. The summed E-state index contributed by atoms with van der Waals surface area (Å²) >= 11 is 0. The molecule has 72 valence electrons.